The normalized spacial score (nSPS) is 16.0. The number of hydrogen-bond acceptors (Lipinski definition) is 4. The van der Waals surface area contributed by atoms with Gasteiger partial charge >= 0.3 is 0 Å². The highest BCUT2D eigenvalue weighted by Crippen LogP contribution is 2.25. The largest absolute Gasteiger partial charge is 0.341 e. The third-order valence-corrected chi connectivity index (χ3v) is 4.80. The molecule has 0 aliphatic carbocycles. The zero-order valence-electron chi connectivity index (χ0n) is 12.2. The van der Waals surface area contributed by atoms with E-state index in [1.807, 2.05) is 24.3 Å². The van der Waals surface area contributed by atoms with E-state index in [0.717, 1.165) is 44.0 Å². The average molecular weight is 337 g/mol. The van der Waals surface area contributed by atoms with Crippen LogP contribution in [-0.4, -0.2) is 29.1 Å². The maximum absolute atomic E-state index is 6.22. The molecule has 2 aromatic rings. The number of halogens is 2. The minimum Gasteiger partial charge on any atom is -0.341 e. The van der Waals surface area contributed by atoms with E-state index in [1.165, 1.54) is 0 Å². The average Bonchev–Trinajstić information content (AvgIpc) is 2.57. The number of nitrogens with one attached hydrogen (secondary N) is 1. The first kappa shape index (κ1) is 15.5. The van der Waals surface area contributed by atoms with Crippen LogP contribution in [-0.2, 0) is 6.54 Å². The molecule has 0 unspecified atom stereocenters. The summed E-state index contributed by atoms with van der Waals surface area (Å²) in [4.78, 5) is 10.8. The van der Waals surface area contributed by atoms with Gasteiger partial charge in [0.15, 0.2) is 0 Å². The third kappa shape index (κ3) is 3.69. The van der Waals surface area contributed by atoms with Crippen LogP contribution in [0.15, 0.2) is 36.7 Å². The first-order chi connectivity index (χ1) is 10.7. The predicted octanol–water partition coefficient (Wildman–Crippen LogP) is 3.54. The summed E-state index contributed by atoms with van der Waals surface area (Å²) < 4.78 is 0. The quantitative estimate of drug-likeness (QED) is 0.927. The topological polar surface area (TPSA) is 41.0 Å². The minimum absolute atomic E-state index is 0.481. The van der Waals surface area contributed by atoms with Gasteiger partial charge in [-0.3, -0.25) is 0 Å². The van der Waals surface area contributed by atoms with Gasteiger partial charge < -0.3 is 10.2 Å². The Labute approximate surface area is 140 Å². The number of rotatable bonds is 4. The lowest BCUT2D eigenvalue weighted by molar-refractivity contribution is 0.411. The zero-order chi connectivity index (χ0) is 15.4. The number of hydrogen-bond donors (Lipinski definition) is 1. The van der Waals surface area contributed by atoms with Gasteiger partial charge in [-0.05, 0) is 30.5 Å². The molecule has 1 aliphatic heterocycles. The summed E-state index contributed by atoms with van der Waals surface area (Å²) in [7, 11) is 0. The fraction of sp³-hybridized carbons (Fsp3) is 0.375. The number of benzene rings is 1. The van der Waals surface area contributed by atoms with E-state index < -0.39 is 0 Å². The van der Waals surface area contributed by atoms with Crippen molar-refractivity contribution in [2.45, 2.75) is 25.4 Å². The molecule has 116 valence electrons. The molecule has 0 amide bonds. The van der Waals surface area contributed by atoms with Gasteiger partial charge in [-0.15, -0.1) is 0 Å². The Bertz CT molecular complexity index is 613. The summed E-state index contributed by atoms with van der Waals surface area (Å²) in [5, 5.41) is 4.82. The standard InChI is InChI=1S/C16H18Cl2N4/c17-14-4-1-3-12(15(14)18)11-21-13-5-9-22(10-6-13)16-19-7-2-8-20-16/h1-4,7-8,13,21H,5-6,9-11H2. The van der Waals surface area contributed by atoms with Crippen molar-refractivity contribution < 1.29 is 0 Å². The molecule has 1 fully saturated rings. The van der Waals surface area contributed by atoms with Crippen molar-refractivity contribution in [3.63, 3.8) is 0 Å². The maximum Gasteiger partial charge on any atom is 0.225 e. The van der Waals surface area contributed by atoms with E-state index in [2.05, 4.69) is 20.2 Å². The van der Waals surface area contributed by atoms with E-state index >= 15 is 0 Å². The summed E-state index contributed by atoms with van der Waals surface area (Å²) in [5.74, 6) is 0.818. The van der Waals surface area contributed by atoms with E-state index in [9.17, 15) is 0 Å². The molecule has 22 heavy (non-hydrogen) atoms. The lowest BCUT2D eigenvalue weighted by Gasteiger charge is -2.32. The van der Waals surface area contributed by atoms with E-state index in [0.29, 0.717) is 16.1 Å². The summed E-state index contributed by atoms with van der Waals surface area (Å²) in [6, 6.07) is 8.07. The van der Waals surface area contributed by atoms with Crippen LogP contribution < -0.4 is 10.2 Å². The second-order valence-corrected chi connectivity index (χ2v) is 6.19. The predicted molar refractivity (Wildman–Crippen MR) is 90.6 cm³/mol. The van der Waals surface area contributed by atoms with Gasteiger partial charge in [-0.25, -0.2) is 9.97 Å². The number of nitrogens with zero attached hydrogens (tertiary/aromatic N) is 3. The van der Waals surface area contributed by atoms with E-state index in [-0.39, 0.29) is 0 Å². The molecule has 0 saturated carbocycles. The molecule has 4 nitrogen and oxygen atoms in total. The van der Waals surface area contributed by atoms with Crippen molar-refractivity contribution in [2.75, 3.05) is 18.0 Å². The van der Waals surface area contributed by atoms with Crippen molar-refractivity contribution >= 4 is 29.2 Å². The molecular weight excluding hydrogens is 319 g/mol. The summed E-state index contributed by atoms with van der Waals surface area (Å²) >= 11 is 12.3. The molecule has 6 heteroatoms. The third-order valence-electron chi connectivity index (χ3n) is 3.94. The molecular formula is C16H18Cl2N4. The Morgan fingerprint density at radius 2 is 1.82 bits per heavy atom. The zero-order valence-corrected chi connectivity index (χ0v) is 13.7. The Morgan fingerprint density at radius 1 is 1.09 bits per heavy atom. The summed E-state index contributed by atoms with van der Waals surface area (Å²) in [5.41, 5.74) is 1.04. The molecule has 0 spiro atoms. The first-order valence-corrected chi connectivity index (χ1v) is 8.18. The van der Waals surface area contributed by atoms with E-state index in [1.54, 1.807) is 12.4 Å². The van der Waals surface area contributed by atoms with Crippen LogP contribution in [0.2, 0.25) is 10.0 Å². The Kier molecular flexibility index (Phi) is 5.13. The second kappa shape index (κ2) is 7.27. The number of aromatic nitrogens is 2. The van der Waals surface area contributed by atoms with Gasteiger partial charge in [0.1, 0.15) is 0 Å². The van der Waals surface area contributed by atoms with Gasteiger partial charge in [0.25, 0.3) is 0 Å². The van der Waals surface area contributed by atoms with Gasteiger partial charge in [0, 0.05) is 38.1 Å². The van der Waals surface area contributed by atoms with Crippen molar-refractivity contribution in [3.8, 4) is 0 Å². The summed E-state index contributed by atoms with van der Waals surface area (Å²) in [6.45, 7) is 2.67. The molecule has 1 aliphatic rings. The maximum atomic E-state index is 6.22. The van der Waals surface area contributed by atoms with Crippen LogP contribution in [0.25, 0.3) is 0 Å². The lowest BCUT2D eigenvalue weighted by Crippen LogP contribution is -2.42. The highest BCUT2D eigenvalue weighted by molar-refractivity contribution is 6.42. The van der Waals surface area contributed by atoms with Gasteiger partial charge in [0.05, 0.1) is 10.0 Å². The molecule has 2 heterocycles. The van der Waals surface area contributed by atoms with Crippen molar-refractivity contribution in [1.29, 1.82) is 0 Å². The number of piperidine rings is 1. The molecule has 0 atom stereocenters. The van der Waals surface area contributed by atoms with Crippen LogP contribution >= 0.6 is 23.2 Å². The van der Waals surface area contributed by atoms with Crippen LogP contribution in [0.1, 0.15) is 18.4 Å². The monoisotopic (exact) mass is 336 g/mol. The highest BCUT2D eigenvalue weighted by Gasteiger charge is 2.20. The first-order valence-electron chi connectivity index (χ1n) is 7.42. The lowest BCUT2D eigenvalue weighted by atomic mass is 10.0. The van der Waals surface area contributed by atoms with E-state index in [4.69, 9.17) is 23.2 Å². The summed E-state index contributed by atoms with van der Waals surface area (Å²) in [6.07, 6.45) is 5.70. The fourth-order valence-electron chi connectivity index (χ4n) is 2.68. The van der Waals surface area contributed by atoms with Crippen LogP contribution in [0.5, 0.6) is 0 Å². The van der Waals surface area contributed by atoms with Crippen LogP contribution in [0, 0.1) is 0 Å². The Hall–Kier alpha value is -1.36. The smallest absolute Gasteiger partial charge is 0.225 e. The molecule has 1 aromatic carbocycles. The fourth-order valence-corrected chi connectivity index (χ4v) is 3.06. The molecule has 1 saturated heterocycles. The minimum atomic E-state index is 0.481. The van der Waals surface area contributed by atoms with Crippen molar-refractivity contribution in [3.05, 3.63) is 52.3 Å². The molecule has 3 rings (SSSR count). The van der Waals surface area contributed by atoms with Gasteiger partial charge in [-0.1, -0.05) is 35.3 Å². The van der Waals surface area contributed by atoms with Crippen molar-refractivity contribution in [2.24, 2.45) is 0 Å². The molecule has 1 aromatic heterocycles. The Balaban J connectivity index is 1.51. The van der Waals surface area contributed by atoms with Gasteiger partial charge in [-0.2, -0.15) is 0 Å². The number of anilines is 1. The molecule has 0 bridgehead atoms. The molecule has 1 N–H and O–H groups in total. The van der Waals surface area contributed by atoms with Gasteiger partial charge in [0.2, 0.25) is 5.95 Å². The highest BCUT2D eigenvalue weighted by atomic mass is 35.5. The second-order valence-electron chi connectivity index (χ2n) is 5.40. The Morgan fingerprint density at radius 3 is 2.55 bits per heavy atom. The van der Waals surface area contributed by atoms with Crippen molar-refractivity contribution in [1.82, 2.24) is 15.3 Å². The van der Waals surface area contributed by atoms with Crippen LogP contribution in [0.4, 0.5) is 5.95 Å². The van der Waals surface area contributed by atoms with Crippen LogP contribution in [0.3, 0.4) is 0 Å². The SMILES string of the molecule is Clc1cccc(CNC2CCN(c3ncccn3)CC2)c1Cl. The molecule has 0 radical (unpaired) electrons.